The second kappa shape index (κ2) is 7.34. The number of rotatable bonds is 3. The third-order valence-corrected chi connectivity index (χ3v) is 5.10. The molecule has 142 valence electrons. The van der Waals surface area contributed by atoms with Crippen LogP contribution in [0.25, 0.3) is 0 Å². The lowest BCUT2D eigenvalue weighted by Crippen LogP contribution is -2.29. The first kappa shape index (κ1) is 18.0. The maximum Gasteiger partial charge on any atom is 0.254 e. The molecule has 0 radical (unpaired) electrons. The summed E-state index contributed by atoms with van der Waals surface area (Å²) in [5.74, 6) is -0.539. The normalized spacial score (nSPS) is 19.0. The number of hydrogen-bond donors (Lipinski definition) is 1. The maximum atomic E-state index is 14.5. The molecule has 1 fully saturated rings. The summed E-state index contributed by atoms with van der Waals surface area (Å²) in [5.41, 5.74) is 1.36. The number of carbonyl (C=O) groups excluding carboxylic acids is 1. The van der Waals surface area contributed by atoms with Crippen LogP contribution in [0, 0.1) is 12.7 Å². The van der Waals surface area contributed by atoms with Crippen molar-refractivity contribution in [1.82, 2.24) is 19.9 Å². The number of H-pyrrole nitrogens is 1. The number of nitrogens with one attached hydrogen (secondary N) is 1. The number of benzene rings is 1. The van der Waals surface area contributed by atoms with E-state index < -0.39 is 0 Å². The summed E-state index contributed by atoms with van der Waals surface area (Å²) in [6.07, 6.45) is 3.13. The fourth-order valence-electron chi connectivity index (χ4n) is 3.83. The highest BCUT2D eigenvalue weighted by Gasteiger charge is 2.39. The minimum absolute atomic E-state index is 0.146. The van der Waals surface area contributed by atoms with Gasteiger partial charge in [0.15, 0.2) is 0 Å². The summed E-state index contributed by atoms with van der Waals surface area (Å²) in [4.78, 5) is 37.6. The smallest absolute Gasteiger partial charge is 0.254 e. The first-order valence-electron chi connectivity index (χ1n) is 9.04. The lowest BCUT2D eigenvalue weighted by molar-refractivity contribution is 0.0788. The van der Waals surface area contributed by atoms with Gasteiger partial charge in [0, 0.05) is 48.9 Å². The summed E-state index contributed by atoms with van der Waals surface area (Å²) in [6.45, 7) is 2.41. The van der Waals surface area contributed by atoms with Crippen LogP contribution in [0.3, 0.4) is 0 Å². The van der Waals surface area contributed by atoms with E-state index in [1.54, 1.807) is 54.5 Å². The number of aromatic amines is 1. The van der Waals surface area contributed by atoms with Crippen molar-refractivity contribution >= 4 is 5.91 Å². The van der Waals surface area contributed by atoms with Crippen LogP contribution in [0.15, 0.2) is 59.7 Å². The van der Waals surface area contributed by atoms with Gasteiger partial charge in [0.05, 0.1) is 5.69 Å². The Morgan fingerprint density at radius 1 is 1.14 bits per heavy atom. The van der Waals surface area contributed by atoms with Crippen LogP contribution in [-0.2, 0) is 0 Å². The Bertz CT molecular complexity index is 1070. The summed E-state index contributed by atoms with van der Waals surface area (Å²) < 4.78 is 14.5. The van der Waals surface area contributed by atoms with E-state index >= 15 is 0 Å². The molecule has 0 bridgehead atoms. The third-order valence-electron chi connectivity index (χ3n) is 5.10. The molecule has 6 nitrogen and oxygen atoms in total. The molecule has 1 saturated heterocycles. The van der Waals surface area contributed by atoms with Gasteiger partial charge in [-0.05, 0) is 30.7 Å². The highest BCUT2D eigenvalue weighted by Crippen LogP contribution is 2.40. The Kier molecular flexibility index (Phi) is 4.73. The second-order valence-electron chi connectivity index (χ2n) is 6.94. The molecule has 0 spiro atoms. The van der Waals surface area contributed by atoms with Crippen molar-refractivity contribution in [2.45, 2.75) is 18.8 Å². The molecule has 1 aromatic carbocycles. The number of amides is 1. The van der Waals surface area contributed by atoms with Crippen molar-refractivity contribution in [1.29, 1.82) is 0 Å². The van der Waals surface area contributed by atoms with Crippen molar-refractivity contribution in [2.75, 3.05) is 13.1 Å². The molecule has 1 N–H and O–H groups in total. The van der Waals surface area contributed by atoms with Gasteiger partial charge in [-0.15, -0.1) is 0 Å². The molecular formula is C21H19FN4O2. The Morgan fingerprint density at radius 2 is 1.86 bits per heavy atom. The SMILES string of the molecule is Cc1nc([C@@H]2CN(C(=O)c3ccncc3)C[C@H]2c2ccccc2F)cc(=O)[nH]1. The molecule has 7 heteroatoms. The molecule has 4 rings (SSSR count). The van der Waals surface area contributed by atoms with Gasteiger partial charge in [0.25, 0.3) is 11.5 Å². The van der Waals surface area contributed by atoms with Crippen molar-refractivity contribution in [2.24, 2.45) is 0 Å². The topological polar surface area (TPSA) is 79.0 Å². The number of aryl methyl sites for hydroxylation is 1. The van der Waals surface area contributed by atoms with E-state index in [0.29, 0.717) is 35.7 Å². The molecule has 28 heavy (non-hydrogen) atoms. The van der Waals surface area contributed by atoms with Gasteiger partial charge in [-0.3, -0.25) is 14.6 Å². The van der Waals surface area contributed by atoms with Crippen LogP contribution in [0.1, 0.15) is 39.3 Å². The molecule has 0 unspecified atom stereocenters. The van der Waals surface area contributed by atoms with Crippen LogP contribution in [0.4, 0.5) is 4.39 Å². The molecule has 0 saturated carbocycles. The van der Waals surface area contributed by atoms with Crippen LogP contribution in [0.2, 0.25) is 0 Å². The zero-order valence-corrected chi connectivity index (χ0v) is 15.3. The molecule has 0 aliphatic carbocycles. The summed E-state index contributed by atoms with van der Waals surface area (Å²) in [7, 11) is 0. The number of carbonyl (C=O) groups is 1. The number of pyridine rings is 1. The Hall–Kier alpha value is -3.35. The predicted molar refractivity (Wildman–Crippen MR) is 102 cm³/mol. The van der Waals surface area contributed by atoms with Crippen molar-refractivity contribution in [3.63, 3.8) is 0 Å². The highest BCUT2D eigenvalue weighted by atomic mass is 19.1. The fourth-order valence-corrected chi connectivity index (χ4v) is 3.83. The first-order chi connectivity index (χ1) is 13.5. The van der Waals surface area contributed by atoms with Gasteiger partial charge < -0.3 is 9.88 Å². The fraction of sp³-hybridized carbons (Fsp3) is 0.238. The van der Waals surface area contributed by atoms with Crippen LogP contribution < -0.4 is 5.56 Å². The average Bonchev–Trinajstić information content (AvgIpc) is 3.13. The molecule has 2 aromatic heterocycles. The van der Waals surface area contributed by atoms with E-state index in [1.165, 1.54) is 12.1 Å². The monoisotopic (exact) mass is 378 g/mol. The summed E-state index contributed by atoms with van der Waals surface area (Å²) in [6, 6.07) is 11.3. The van der Waals surface area contributed by atoms with E-state index in [2.05, 4.69) is 15.0 Å². The largest absolute Gasteiger partial charge is 0.337 e. The lowest BCUT2D eigenvalue weighted by atomic mass is 9.86. The van der Waals surface area contributed by atoms with Gasteiger partial charge in [-0.25, -0.2) is 9.37 Å². The quantitative estimate of drug-likeness (QED) is 0.760. The van der Waals surface area contributed by atoms with Crippen LogP contribution in [-0.4, -0.2) is 38.8 Å². The Morgan fingerprint density at radius 3 is 2.57 bits per heavy atom. The van der Waals surface area contributed by atoms with Gasteiger partial charge in [-0.2, -0.15) is 0 Å². The minimum atomic E-state index is -0.322. The summed E-state index contributed by atoms with van der Waals surface area (Å²) in [5, 5.41) is 0. The second-order valence-corrected chi connectivity index (χ2v) is 6.94. The van der Waals surface area contributed by atoms with E-state index in [1.807, 2.05) is 0 Å². The van der Waals surface area contributed by atoms with E-state index in [9.17, 15) is 14.0 Å². The summed E-state index contributed by atoms with van der Waals surface area (Å²) >= 11 is 0. The van der Waals surface area contributed by atoms with Gasteiger partial charge in [0.1, 0.15) is 11.6 Å². The van der Waals surface area contributed by atoms with Gasteiger partial charge in [-0.1, -0.05) is 18.2 Å². The zero-order valence-electron chi connectivity index (χ0n) is 15.3. The number of halogens is 1. The number of nitrogens with zero attached hydrogens (tertiary/aromatic N) is 3. The lowest BCUT2D eigenvalue weighted by Gasteiger charge is -2.18. The molecule has 1 aliphatic heterocycles. The van der Waals surface area contributed by atoms with E-state index in [-0.39, 0.29) is 29.1 Å². The minimum Gasteiger partial charge on any atom is -0.337 e. The predicted octanol–water partition coefficient (Wildman–Crippen LogP) is 2.64. The van der Waals surface area contributed by atoms with Crippen molar-refractivity contribution in [3.8, 4) is 0 Å². The molecule has 1 aliphatic rings. The van der Waals surface area contributed by atoms with Crippen molar-refractivity contribution < 1.29 is 9.18 Å². The molecule has 3 aromatic rings. The van der Waals surface area contributed by atoms with E-state index in [4.69, 9.17) is 0 Å². The molecule has 2 atom stereocenters. The molecule has 3 heterocycles. The van der Waals surface area contributed by atoms with Gasteiger partial charge in [0.2, 0.25) is 0 Å². The van der Waals surface area contributed by atoms with Gasteiger partial charge >= 0.3 is 0 Å². The third kappa shape index (κ3) is 3.43. The molecular weight excluding hydrogens is 359 g/mol. The average molecular weight is 378 g/mol. The van der Waals surface area contributed by atoms with Crippen LogP contribution >= 0.6 is 0 Å². The molecule has 1 amide bonds. The van der Waals surface area contributed by atoms with Crippen LogP contribution in [0.5, 0.6) is 0 Å². The van der Waals surface area contributed by atoms with Crippen molar-refractivity contribution in [3.05, 3.63) is 93.7 Å². The Labute approximate surface area is 161 Å². The van der Waals surface area contributed by atoms with E-state index in [0.717, 1.165) is 0 Å². The number of aromatic nitrogens is 3. The highest BCUT2D eigenvalue weighted by molar-refractivity contribution is 5.94. The first-order valence-corrected chi connectivity index (χ1v) is 9.04. The number of hydrogen-bond acceptors (Lipinski definition) is 4. The maximum absolute atomic E-state index is 14.5. The number of likely N-dealkylation sites (tertiary alicyclic amines) is 1. The standard InChI is InChI=1S/C21H19FN4O2/c1-13-24-19(10-20(27)25-13)17-12-26(21(28)14-6-8-23-9-7-14)11-16(17)15-4-2-3-5-18(15)22/h2-10,16-17H,11-12H2,1H3,(H,24,25,27)/t16-,17+/m0/s1. The zero-order chi connectivity index (χ0) is 19.7. The Balaban J connectivity index is 1.74.